The van der Waals surface area contributed by atoms with Crippen molar-refractivity contribution in [1.82, 2.24) is 14.9 Å². The fourth-order valence-electron chi connectivity index (χ4n) is 2.15. The molecular formula is C17H15ClN4O. The van der Waals surface area contributed by atoms with Crippen molar-refractivity contribution in [3.05, 3.63) is 86.6 Å². The number of rotatable bonds is 4. The van der Waals surface area contributed by atoms with Gasteiger partial charge in [0.05, 0.1) is 6.21 Å². The van der Waals surface area contributed by atoms with Crippen molar-refractivity contribution in [2.45, 2.75) is 13.3 Å². The van der Waals surface area contributed by atoms with Gasteiger partial charge in [0.2, 0.25) is 0 Å². The zero-order chi connectivity index (χ0) is 16.2. The minimum Gasteiger partial charge on any atom is -0.244 e. The summed E-state index contributed by atoms with van der Waals surface area (Å²) in [5.74, 6) is 0.506. The average Bonchev–Trinajstić information content (AvgIpc) is 2.89. The van der Waals surface area contributed by atoms with Gasteiger partial charge in [-0.3, -0.25) is 0 Å². The highest BCUT2D eigenvalue weighted by atomic mass is 35.5. The summed E-state index contributed by atoms with van der Waals surface area (Å²) in [7, 11) is 0. The number of nitrogens with zero attached hydrogens (tertiary/aromatic N) is 3. The van der Waals surface area contributed by atoms with Crippen molar-refractivity contribution >= 4 is 17.8 Å². The molecule has 0 aliphatic carbocycles. The Balaban J connectivity index is 1.88. The second-order valence-corrected chi connectivity index (χ2v) is 5.59. The molecule has 0 bridgehead atoms. The predicted octanol–water partition coefficient (Wildman–Crippen LogP) is 3.01. The van der Waals surface area contributed by atoms with Crippen molar-refractivity contribution in [2.24, 2.45) is 5.10 Å². The number of aromatic amines is 1. The van der Waals surface area contributed by atoms with E-state index in [0.717, 1.165) is 11.1 Å². The maximum Gasteiger partial charge on any atom is 0.364 e. The van der Waals surface area contributed by atoms with Crippen molar-refractivity contribution in [2.75, 3.05) is 0 Å². The summed E-state index contributed by atoms with van der Waals surface area (Å²) in [6.07, 6.45) is 2.05. The molecule has 0 saturated heterocycles. The monoisotopic (exact) mass is 326 g/mol. The molecule has 0 radical (unpaired) electrons. The topological polar surface area (TPSA) is 63.0 Å². The minimum atomic E-state index is -0.379. The van der Waals surface area contributed by atoms with Gasteiger partial charge < -0.3 is 0 Å². The number of benzene rings is 2. The highest BCUT2D eigenvalue weighted by Crippen LogP contribution is 2.17. The summed E-state index contributed by atoms with van der Waals surface area (Å²) in [5, 5.41) is 11.3. The van der Waals surface area contributed by atoms with Gasteiger partial charge in [-0.15, -0.1) is 0 Å². The zero-order valence-corrected chi connectivity index (χ0v) is 13.3. The summed E-state index contributed by atoms with van der Waals surface area (Å²) in [6.45, 7) is 2.02. The van der Waals surface area contributed by atoms with Gasteiger partial charge in [-0.05, 0) is 24.1 Å². The molecule has 1 aromatic heterocycles. The molecule has 0 unspecified atom stereocenters. The van der Waals surface area contributed by atoms with Crippen LogP contribution in [0.3, 0.4) is 0 Å². The van der Waals surface area contributed by atoms with Crippen molar-refractivity contribution in [3.63, 3.8) is 0 Å². The smallest absolute Gasteiger partial charge is 0.244 e. The predicted molar refractivity (Wildman–Crippen MR) is 91.3 cm³/mol. The van der Waals surface area contributed by atoms with Gasteiger partial charge in [-0.2, -0.15) is 14.9 Å². The van der Waals surface area contributed by atoms with E-state index in [0.29, 0.717) is 17.3 Å². The zero-order valence-electron chi connectivity index (χ0n) is 12.5. The first-order chi connectivity index (χ1) is 11.1. The number of H-pyrrole nitrogens is 1. The first kappa shape index (κ1) is 15.2. The summed E-state index contributed by atoms with van der Waals surface area (Å²) < 4.78 is 1.25. The second kappa shape index (κ2) is 6.62. The maximum absolute atomic E-state index is 11.9. The van der Waals surface area contributed by atoms with E-state index in [1.54, 1.807) is 6.21 Å². The molecule has 6 heteroatoms. The number of hydrogen-bond donors (Lipinski definition) is 1. The molecule has 3 rings (SSSR count). The molecule has 5 nitrogen and oxygen atoms in total. The van der Waals surface area contributed by atoms with E-state index in [9.17, 15) is 4.79 Å². The Morgan fingerprint density at radius 2 is 1.96 bits per heavy atom. The van der Waals surface area contributed by atoms with E-state index in [4.69, 9.17) is 11.6 Å². The summed E-state index contributed by atoms with van der Waals surface area (Å²) in [6, 6.07) is 15.3. The Kier molecular flexibility index (Phi) is 4.39. The van der Waals surface area contributed by atoms with Crippen LogP contribution in [0.4, 0.5) is 0 Å². The fourth-order valence-corrected chi connectivity index (χ4v) is 2.35. The Labute approximate surface area is 138 Å². The lowest BCUT2D eigenvalue weighted by atomic mass is 10.1. The van der Waals surface area contributed by atoms with Crippen molar-refractivity contribution < 1.29 is 0 Å². The highest BCUT2D eigenvalue weighted by molar-refractivity contribution is 6.31. The van der Waals surface area contributed by atoms with E-state index in [-0.39, 0.29) is 5.69 Å². The van der Waals surface area contributed by atoms with Gasteiger partial charge in [0.15, 0.2) is 5.82 Å². The Morgan fingerprint density at radius 3 is 2.70 bits per heavy atom. The lowest BCUT2D eigenvalue weighted by molar-refractivity contribution is 0.775. The van der Waals surface area contributed by atoms with Crippen LogP contribution in [0.15, 0.2) is 58.4 Å². The molecule has 3 aromatic rings. The fraction of sp³-hybridized carbons (Fsp3) is 0.118. The molecule has 116 valence electrons. The normalized spacial score (nSPS) is 11.2. The van der Waals surface area contributed by atoms with Crippen LogP contribution in [0.25, 0.3) is 0 Å². The molecule has 0 atom stereocenters. The third-order valence-corrected chi connectivity index (χ3v) is 3.79. The first-order valence-corrected chi connectivity index (χ1v) is 7.52. The first-order valence-electron chi connectivity index (χ1n) is 7.14. The maximum atomic E-state index is 11.9. The van der Waals surface area contributed by atoms with Gasteiger partial charge >= 0.3 is 5.69 Å². The van der Waals surface area contributed by atoms with Crippen LogP contribution in [0, 0.1) is 6.92 Å². The van der Waals surface area contributed by atoms with Gasteiger partial charge in [-0.1, -0.05) is 59.6 Å². The van der Waals surface area contributed by atoms with Crippen LogP contribution >= 0.6 is 11.6 Å². The summed E-state index contributed by atoms with van der Waals surface area (Å²) in [4.78, 5) is 11.9. The quantitative estimate of drug-likeness (QED) is 0.749. The lowest BCUT2D eigenvalue weighted by Gasteiger charge is -2.03. The van der Waals surface area contributed by atoms with E-state index in [1.807, 2.05) is 55.5 Å². The molecule has 0 amide bonds. The van der Waals surface area contributed by atoms with Gasteiger partial charge in [0.1, 0.15) is 0 Å². The molecule has 1 heterocycles. The molecule has 0 aliphatic heterocycles. The molecule has 0 spiro atoms. The number of aromatic nitrogens is 3. The van der Waals surface area contributed by atoms with Gasteiger partial charge in [0, 0.05) is 11.4 Å². The largest absolute Gasteiger partial charge is 0.364 e. The van der Waals surface area contributed by atoms with Crippen LogP contribution in [0.5, 0.6) is 0 Å². The van der Waals surface area contributed by atoms with E-state index < -0.39 is 0 Å². The van der Waals surface area contributed by atoms with Gasteiger partial charge in [0.25, 0.3) is 0 Å². The Morgan fingerprint density at radius 1 is 1.22 bits per heavy atom. The number of halogens is 1. The molecular weight excluding hydrogens is 312 g/mol. The van der Waals surface area contributed by atoms with E-state index in [2.05, 4.69) is 15.3 Å². The molecule has 0 fully saturated rings. The summed E-state index contributed by atoms with van der Waals surface area (Å²) in [5.41, 5.74) is 2.59. The van der Waals surface area contributed by atoms with Crippen LogP contribution < -0.4 is 5.69 Å². The minimum absolute atomic E-state index is 0.379. The molecule has 0 saturated carbocycles. The second-order valence-electron chi connectivity index (χ2n) is 5.18. The molecule has 2 aromatic carbocycles. The van der Waals surface area contributed by atoms with Crippen molar-refractivity contribution in [3.8, 4) is 0 Å². The van der Waals surface area contributed by atoms with Crippen LogP contribution in [-0.4, -0.2) is 21.1 Å². The Bertz CT molecular complexity index is 893. The van der Waals surface area contributed by atoms with Crippen LogP contribution in [0.2, 0.25) is 5.02 Å². The standard InChI is InChI=1S/C17H15ClN4O/c1-12-6-8-13(9-7-12)11-19-22-16(20-21-17(22)23)10-14-4-2-3-5-15(14)18/h2-9,11H,10H2,1H3,(H,21,23). The average molecular weight is 327 g/mol. The number of aryl methyl sites for hydroxylation is 1. The molecule has 23 heavy (non-hydrogen) atoms. The third-order valence-electron chi connectivity index (χ3n) is 3.42. The van der Waals surface area contributed by atoms with Crippen LogP contribution in [-0.2, 0) is 6.42 Å². The van der Waals surface area contributed by atoms with E-state index >= 15 is 0 Å². The SMILES string of the molecule is Cc1ccc(C=Nn2c(Cc3ccccc3Cl)n[nH]c2=O)cc1. The Hall–Kier alpha value is -2.66. The molecule has 1 N–H and O–H groups in total. The van der Waals surface area contributed by atoms with Gasteiger partial charge in [-0.25, -0.2) is 9.89 Å². The van der Waals surface area contributed by atoms with Crippen LogP contribution in [0.1, 0.15) is 22.5 Å². The third kappa shape index (κ3) is 3.57. The lowest BCUT2D eigenvalue weighted by Crippen LogP contribution is -2.15. The van der Waals surface area contributed by atoms with E-state index in [1.165, 1.54) is 10.2 Å². The van der Waals surface area contributed by atoms with Crippen molar-refractivity contribution in [1.29, 1.82) is 0 Å². The highest BCUT2D eigenvalue weighted by Gasteiger charge is 2.10. The molecule has 0 aliphatic rings. The number of hydrogen-bond acceptors (Lipinski definition) is 3. The number of nitrogens with one attached hydrogen (secondary N) is 1. The summed E-state index contributed by atoms with van der Waals surface area (Å²) >= 11 is 6.16.